The summed E-state index contributed by atoms with van der Waals surface area (Å²) in [5.74, 6) is -2.95. The van der Waals surface area contributed by atoms with Crippen LogP contribution in [0.15, 0.2) is 35.4 Å². The molecule has 5 rings (SSSR count). The van der Waals surface area contributed by atoms with E-state index in [0.717, 1.165) is 0 Å². The van der Waals surface area contributed by atoms with Crippen LogP contribution >= 0.6 is 0 Å². The number of aromatic nitrogens is 3. The van der Waals surface area contributed by atoms with Crippen molar-refractivity contribution in [2.75, 3.05) is 61.2 Å². The number of ether oxygens (including phenoxy) is 7. The summed E-state index contributed by atoms with van der Waals surface area (Å²) in [6.07, 6.45) is -8.58. The zero-order valence-corrected chi connectivity index (χ0v) is 49.9. The van der Waals surface area contributed by atoms with E-state index >= 15 is 0 Å². The molecule has 0 saturated carbocycles. The van der Waals surface area contributed by atoms with Crippen LogP contribution < -0.4 is 0 Å². The lowest BCUT2D eigenvalue weighted by Crippen LogP contribution is -2.61. The van der Waals surface area contributed by atoms with E-state index in [1.54, 1.807) is 80.6 Å². The molecule has 20 atom stereocenters. The Kier molecular flexibility index (Phi) is 23.2. The molecule has 0 spiro atoms. The smallest absolute Gasteiger partial charge is 0.311 e. The molecular formula is C55H95FN6O15S. The number of hydrogen-bond donors (Lipinski definition) is 5. The van der Waals surface area contributed by atoms with E-state index in [0.29, 0.717) is 50.3 Å². The Hall–Kier alpha value is -2.85. The Morgan fingerprint density at radius 1 is 0.936 bits per heavy atom. The van der Waals surface area contributed by atoms with Crippen LogP contribution in [0.25, 0.3) is 0 Å². The maximum absolute atomic E-state index is 15.0. The second kappa shape index (κ2) is 27.5. The number of hydrogen-bond acceptors (Lipinski definition) is 19. The van der Waals surface area contributed by atoms with Crippen LogP contribution in [-0.2, 0) is 54.4 Å². The average Bonchev–Trinajstić information content (AvgIpc) is 3.89. The van der Waals surface area contributed by atoms with Gasteiger partial charge in [-0.3, -0.25) is 4.79 Å². The standard InChI is InChI=1S/C55H95FN6O15S/c1-17-43-55(12,68)48(64)36(8)60(14)30-32(4)27-53(10,67)50(34(6)46(35(7)51(66)75-43)76-44-28-54(11,72-16)49(65)37(9)74-44)77-52-45(63)41(26-33(5)73-52)59(13)25-24-39-31-62(58-57-39)42(29-56)47(71-15)38-20-22-40(23-21-38)78(69,70)61(18-2)19-3/h20-23,31-37,41-50,52,63-65,67-68H,17-19,24-30H2,1-16H3/t32-,33-,34+,35-,36-,37+,41+,42-,43-,44+,45-,46+,47-,48-,49+,50-,52+,53-,54-,55-/m1/s1. The number of aliphatic hydroxyl groups is 5. The molecule has 4 heterocycles. The van der Waals surface area contributed by atoms with E-state index in [4.69, 9.17) is 33.2 Å². The lowest BCUT2D eigenvalue weighted by molar-refractivity contribution is -0.318. The summed E-state index contributed by atoms with van der Waals surface area (Å²) in [5, 5.41) is 68.5. The first-order valence-corrected chi connectivity index (χ1v) is 29.3. The van der Waals surface area contributed by atoms with Crippen molar-refractivity contribution in [1.82, 2.24) is 29.1 Å². The number of likely N-dealkylation sites (N-methyl/N-ethyl adjacent to an activating group) is 2. The van der Waals surface area contributed by atoms with Crippen LogP contribution in [0.1, 0.15) is 132 Å². The monoisotopic (exact) mass is 1130 g/mol. The molecule has 0 bridgehead atoms. The maximum atomic E-state index is 15.0. The van der Waals surface area contributed by atoms with Gasteiger partial charge in [-0.05, 0) is 105 Å². The van der Waals surface area contributed by atoms with Crippen molar-refractivity contribution in [3.63, 3.8) is 0 Å². The third-order valence-electron chi connectivity index (χ3n) is 17.0. The van der Waals surface area contributed by atoms with Gasteiger partial charge in [0.05, 0.1) is 52.1 Å². The Morgan fingerprint density at radius 3 is 2.15 bits per heavy atom. The molecule has 448 valence electrons. The first kappa shape index (κ1) is 66.0. The molecule has 0 aliphatic carbocycles. The minimum atomic E-state index is -3.71. The number of carbonyl (C=O) groups is 1. The van der Waals surface area contributed by atoms with Crippen molar-refractivity contribution in [3.05, 3.63) is 41.7 Å². The molecule has 0 radical (unpaired) electrons. The van der Waals surface area contributed by atoms with Crippen LogP contribution in [0.4, 0.5) is 4.39 Å². The number of methoxy groups -OCH3 is 2. The Bertz CT molecular complexity index is 2300. The highest BCUT2D eigenvalue weighted by Crippen LogP contribution is 2.41. The van der Waals surface area contributed by atoms with Gasteiger partial charge < -0.3 is 68.5 Å². The van der Waals surface area contributed by atoms with E-state index in [2.05, 4.69) is 10.3 Å². The quantitative estimate of drug-likeness (QED) is 0.124. The lowest BCUT2D eigenvalue weighted by atomic mass is 9.77. The highest BCUT2D eigenvalue weighted by atomic mass is 32.2. The number of esters is 1. The number of aliphatic hydroxyl groups excluding tert-OH is 3. The molecule has 3 fully saturated rings. The molecule has 78 heavy (non-hydrogen) atoms. The van der Waals surface area contributed by atoms with Crippen molar-refractivity contribution >= 4 is 16.0 Å². The molecule has 3 aliphatic heterocycles. The average molecular weight is 1130 g/mol. The number of sulfonamides is 1. The molecule has 23 heteroatoms. The number of rotatable bonds is 19. The third-order valence-corrected chi connectivity index (χ3v) is 19.1. The van der Waals surface area contributed by atoms with Crippen LogP contribution in [0, 0.1) is 17.8 Å². The SMILES string of the molecule is CC[C@H]1OC(=O)[C@H](C)[C@@H](O[C@H]2C[C@@](C)(OC)[C@@H](O)[C@H](C)O2)[C@H](C)[C@@H](O[C@@H]2O[C@H](C)C[C@H](N(C)CCc3cn([C@H](CF)[C@H](OC)c4ccc(S(=O)(=O)N(CC)CC)cc4)nn3)[C@H]2O)[C@](C)(O)C[C@@H](C)CN(C)[C@H](C)[C@@H](O)[C@]1(C)O. The predicted octanol–water partition coefficient (Wildman–Crippen LogP) is 4.03. The summed E-state index contributed by atoms with van der Waals surface area (Å²) >= 11 is 0. The number of nitrogens with zero attached hydrogens (tertiary/aromatic N) is 6. The van der Waals surface area contributed by atoms with Crippen molar-refractivity contribution in [2.45, 2.75) is 223 Å². The minimum absolute atomic E-state index is 0.0694. The summed E-state index contributed by atoms with van der Waals surface area (Å²) in [4.78, 5) is 18.5. The molecule has 2 aromatic rings. The van der Waals surface area contributed by atoms with Crippen molar-refractivity contribution < 1.29 is 76.3 Å². The molecule has 1 aromatic carbocycles. The maximum Gasteiger partial charge on any atom is 0.311 e. The zero-order valence-electron chi connectivity index (χ0n) is 49.1. The molecule has 0 unspecified atom stereocenters. The summed E-state index contributed by atoms with van der Waals surface area (Å²) in [6.45, 7) is 21.4. The zero-order chi connectivity index (χ0) is 58.4. The largest absolute Gasteiger partial charge is 0.459 e. The summed E-state index contributed by atoms with van der Waals surface area (Å²) in [6, 6.07) is 4.15. The third kappa shape index (κ3) is 14.8. The van der Waals surface area contributed by atoms with Gasteiger partial charge in [-0.25, -0.2) is 17.5 Å². The van der Waals surface area contributed by atoms with E-state index < -0.39 is 137 Å². The summed E-state index contributed by atoms with van der Waals surface area (Å²) < 4.78 is 88.1. The Labute approximate surface area is 463 Å². The van der Waals surface area contributed by atoms with Gasteiger partial charge in [-0.1, -0.05) is 52.0 Å². The van der Waals surface area contributed by atoms with Crippen molar-refractivity contribution in [1.29, 1.82) is 0 Å². The van der Waals surface area contributed by atoms with Gasteiger partial charge in [0.15, 0.2) is 12.6 Å². The number of carbonyl (C=O) groups excluding carboxylic acids is 1. The normalized spacial score (nSPS) is 38.2. The second-order valence-electron chi connectivity index (χ2n) is 23.2. The highest BCUT2D eigenvalue weighted by molar-refractivity contribution is 7.89. The first-order valence-electron chi connectivity index (χ1n) is 27.8. The van der Waals surface area contributed by atoms with Crippen LogP contribution in [0.5, 0.6) is 0 Å². The fourth-order valence-corrected chi connectivity index (χ4v) is 13.5. The Morgan fingerprint density at radius 2 is 1.58 bits per heavy atom. The molecular weight excluding hydrogens is 1040 g/mol. The van der Waals surface area contributed by atoms with Crippen molar-refractivity contribution in [2.24, 2.45) is 17.8 Å². The van der Waals surface area contributed by atoms with Gasteiger partial charge in [0.1, 0.15) is 48.8 Å². The van der Waals surface area contributed by atoms with Gasteiger partial charge in [0.25, 0.3) is 0 Å². The first-order chi connectivity index (χ1) is 36.5. The molecule has 0 amide bonds. The molecule has 21 nitrogen and oxygen atoms in total. The fourth-order valence-electron chi connectivity index (χ4n) is 12.1. The molecule has 3 saturated heterocycles. The van der Waals surface area contributed by atoms with Crippen molar-refractivity contribution in [3.8, 4) is 0 Å². The number of halogens is 1. The topological polar surface area (TPSA) is 257 Å². The van der Waals surface area contributed by atoms with E-state index in [-0.39, 0.29) is 30.1 Å². The van der Waals surface area contributed by atoms with Crippen LogP contribution in [0.2, 0.25) is 0 Å². The Balaban J connectivity index is 1.42. The van der Waals surface area contributed by atoms with E-state index in [1.807, 2.05) is 37.7 Å². The molecule has 1 aromatic heterocycles. The van der Waals surface area contributed by atoms with Gasteiger partial charge in [-0.15, -0.1) is 5.10 Å². The summed E-state index contributed by atoms with van der Waals surface area (Å²) in [7, 11) is 2.90. The number of benzene rings is 1. The minimum Gasteiger partial charge on any atom is -0.459 e. The molecule has 5 N–H and O–H groups in total. The summed E-state index contributed by atoms with van der Waals surface area (Å²) in [5.41, 5.74) is -3.54. The van der Waals surface area contributed by atoms with Gasteiger partial charge in [-0.2, -0.15) is 4.31 Å². The van der Waals surface area contributed by atoms with Gasteiger partial charge >= 0.3 is 5.97 Å². The van der Waals surface area contributed by atoms with Gasteiger partial charge in [0, 0.05) is 77.4 Å². The van der Waals surface area contributed by atoms with E-state index in [9.17, 15) is 43.1 Å². The highest BCUT2D eigenvalue weighted by Gasteiger charge is 2.53. The van der Waals surface area contributed by atoms with E-state index in [1.165, 1.54) is 42.3 Å². The molecule has 3 aliphatic rings. The van der Waals surface area contributed by atoms with Gasteiger partial charge in [0.2, 0.25) is 10.0 Å². The number of cyclic esters (lactones) is 1. The lowest BCUT2D eigenvalue weighted by Gasteiger charge is -2.49. The van der Waals surface area contributed by atoms with Crippen LogP contribution in [-0.4, -0.2) is 220 Å². The second-order valence-corrected chi connectivity index (χ2v) is 25.1. The predicted molar refractivity (Wildman–Crippen MR) is 288 cm³/mol. The van der Waals surface area contributed by atoms with Crippen LogP contribution in [0.3, 0.4) is 0 Å². The number of alkyl halides is 1. The fraction of sp³-hybridized carbons (Fsp3) is 0.836.